The van der Waals surface area contributed by atoms with Gasteiger partial charge in [0.15, 0.2) is 11.6 Å². The number of carbonyl (C=O) groups excluding carboxylic acids is 2. The fourth-order valence-corrected chi connectivity index (χ4v) is 12.0. The Hall–Kier alpha value is -6.91. The van der Waals surface area contributed by atoms with Crippen LogP contribution >= 0.6 is 11.3 Å². The van der Waals surface area contributed by atoms with Crippen molar-refractivity contribution in [3.8, 4) is 39.2 Å². The van der Waals surface area contributed by atoms with Crippen molar-refractivity contribution in [3.63, 3.8) is 0 Å². The largest absolute Gasteiger partial charge is 0.507 e. The summed E-state index contributed by atoms with van der Waals surface area (Å²) < 4.78 is 23.3. The predicted molar refractivity (Wildman–Crippen MR) is 288 cm³/mol. The molecule has 2 bridgehead atoms. The Morgan fingerprint density at radius 2 is 1.59 bits per heavy atom. The minimum atomic E-state index is -0.845. The molecule has 2 aromatic carbocycles. The second-order valence-corrected chi connectivity index (χ2v) is 21.4. The second kappa shape index (κ2) is 23.5. The third kappa shape index (κ3) is 11.7. The Balaban J connectivity index is 0.655. The monoisotopic (exact) mass is 1060 g/mol. The molecule has 21 heteroatoms. The number of aliphatic hydroxyl groups is 1. The lowest BCUT2D eigenvalue weighted by Gasteiger charge is -2.43. The van der Waals surface area contributed by atoms with Crippen LogP contribution in [0.15, 0.2) is 89.0 Å². The summed E-state index contributed by atoms with van der Waals surface area (Å²) in [5.74, 6) is 0.247. The highest BCUT2D eigenvalue weighted by Gasteiger charge is 2.44. The quantitative estimate of drug-likeness (QED) is 0.0729. The van der Waals surface area contributed by atoms with Crippen molar-refractivity contribution in [1.82, 2.24) is 45.3 Å². The first kappa shape index (κ1) is 52.5. The van der Waals surface area contributed by atoms with Crippen LogP contribution in [0.25, 0.3) is 21.7 Å². The van der Waals surface area contributed by atoms with Gasteiger partial charge in [-0.15, -0.1) is 21.5 Å². The number of nitrogens with zero attached hydrogens (tertiary/aromatic N) is 10. The number of amides is 2. The number of hydrogen-bond donors (Lipinski definition) is 4. The minimum absolute atomic E-state index is 0.0424. The number of phenolic OH excluding ortho intramolecular Hbond substituents is 1. The molecular formula is C55H68N12O8S. The van der Waals surface area contributed by atoms with Gasteiger partial charge in [0.05, 0.1) is 46.2 Å². The molecule has 76 heavy (non-hydrogen) atoms. The lowest BCUT2D eigenvalue weighted by atomic mass is 9.91. The zero-order valence-corrected chi connectivity index (χ0v) is 44.3. The van der Waals surface area contributed by atoms with Gasteiger partial charge in [-0.2, -0.15) is 0 Å². The molecule has 6 aromatic rings. The number of nitrogens with two attached hydrogens (primary N) is 1. The zero-order chi connectivity index (χ0) is 52.9. The van der Waals surface area contributed by atoms with Crippen molar-refractivity contribution in [1.29, 1.82) is 0 Å². The Bertz CT molecular complexity index is 2920. The van der Waals surface area contributed by atoms with Crippen molar-refractivity contribution in [2.24, 2.45) is 5.92 Å². The van der Waals surface area contributed by atoms with E-state index in [0.29, 0.717) is 61.0 Å². The van der Waals surface area contributed by atoms with Crippen LogP contribution in [-0.4, -0.2) is 166 Å². The van der Waals surface area contributed by atoms with Crippen LogP contribution in [0.4, 0.5) is 17.2 Å². The first-order chi connectivity index (χ1) is 36.9. The number of para-hydroxylation sites is 1. The number of benzene rings is 2. The highest BCUT2D eigenvalue weighted by Crippen LogP contribution is 2.40. The smallest absolute Gasteiger partial charge is 0.254 e. The molecule has 5 N–H and O–H groups in total. The number of aliphatic hydroxyl groups excluding tert-OH is 1. The maximum absolute atomic E-state index is 14.3. The van der Waals surface area contributed by atoms with Crippen molar-refractivity contribution in [2.45, 2.75) is 82.8 Å². The highest BCUT2D eigenvalue weighted by molar-refractivity contribution is 7.13. The van der Waals surface area contributed by atoms with Crippen LogP contribution in [0.2, 0.25) is 0 Å². The van der Waals surface area contributed by atoms with Gasteiger partial charge in [-0.3, -0.25) is 19.4 Å². The van der Waals surface area contributed by atoms with Gasteiger partial charge in [0, 0.05) is 114 Å². The number of methoxy groups -OCH3 is 1. The van der Waals surface area contributed by atoms with Gasteiger partial charge in [0.2, 0.25) is 17.7 Å². The number of aromatic nitrogens is 5. The average molecular weight is 1060 g/mol. The molecule has 4 aliphatic heterocycles. The van der Waals surface area contributed by atoms with Crippen molar-refractivity contribution in [3.05, 3.63) is 102 Å². The van der Waals surface area contributed by atoms with Crippen molar-refractivity contribution < 1.29 is 38.5 Å². The third-order valence-corrected chi connectivity index (χ3v) is 16.1. The van der Waals surface area contributed by atoms with Crippen LogP contribution in [0.5, 0.6) is 17.5 Å². The number of hydrogen-bond acceptors (Lipinski definition) is 19. The Labute approximate surface area is 446 Å². The molecule has 20 nitrogen and oxygen atoms in total. The molecule has 4 fully saturated rings. The number of piperazine rings is 2. The van der Waals surface area contributed by atoms with Gasteiger partial charge in [-0.25, -0.2) is 9.97 Å². The highest BCUT2D eigenvalue weighted by atomic mass is 32.1. The van der Waals surface area contributed by atoms with E-state index in [0.717, 1.165) is 91.7 Å². The van der Waals surface area contributed by atoms with E-state index in [-0.39, 0.29) is 54.6 Å². The predicted octanol–water partition coefficient (Wildman–Crippen LogP) is 5.60. The van der Waals surface area contributed by atoms with Gasteiger partial charge in [-0.1, -0.05) is 50.2 Å². The second-order valence-electron chi connectivity index (χ2n) is 20.5. The maximum atomic E-state index is 14.3. The maximum Gasteiger partial charge on any atom is 0.254 e. The van der Waals surface area contributed by atoms with E-state index in [1.54, 1.807) is 42.2 Å². The molecule has 2 amide bonds. The summed E-state index contributed by atoms with van der Waals surface area (Å²) in [6, 6.07) is 22.2. The number of rotatable bonds is 20. The number of nitrogens with one attached hydrogen (secondary N) is 1. The lowest BCUT2D eigenvalue weighted by Crippen LogP contribution is -2.54. The fraction of sp³-hybridized carbons (Fsp3) is 0.473. The van der Waals surface area contributed by atoms with Crippen LogP contribution < -0.4 is 30.3 Å². The Morgan fingerprint density at radius 1 is 0.882 bits per heavy atom. The molecule has 10 rings (SSSR count). The molecular weight excluding hydrogens is 989 g/mol. The number of phenols is 1. The number of pyridine rings is 1. The van der Waals surface area contributed by atoms with E-state index >= 15 is 0 Å². The van der Waals surface area contributed by atoms with Crippen LogP contribution in [-0.2, 0) is 20.9 Å². The molecule has 4 aliphatic rings. The summed E-state index contributed by atoms with van der Waals surface area (Å²) >= 11 is 1.55. The zero-order valence-electron chi connectivity index (χ0n) is 43.5. The molecule has 4 aromatic heterocycles. The lowest BCUT2D eigenvalue weighted by molar-refractivity contribution is -0.141. The van der Waals surface area contributed by atoms with Gasteiger partial charge in [-0.05, 0) is 66.2 Å². The number of nitrogen functional groups attached to an aromatic ring is 1. The topological polar surface area (TPSA) is 234 Å². The van der Waals surface area contributed by atoms with E-state index in [1.807, 2.05) is 69.4 Å². The van der Waals surface area contributed by atoms with Gasteiger partial charge in [0.1, 0.15) is 30.9 Å². The fourth-order valence-electron chi connectivity index (χ4n) is 11.2. The molecule has 4 saturated heterocycles. The molecule has 402 valence electrons. The van der Waals surface area contributed by atoms with E-state index in [4.69, 9.17) is 24.5 Å². The molecule has 0 aliphatic carbocycles. The number of β-amino-alcohol motifs (C(OH)–C–C–N with tert-alkyl or cyclic N) is 1. The van der Waals surface area contributed by atoms with Crippen molar-refractivity contribution in [2.75, 3.05) is 94.8 Å². The number of anilines is 3. The minimum Gasteiger partial charge on any atom is -0.507 e. The van der Waals surface area contributed by atoms with E-state index in [9.17, 15) is 19.8 Å². The number of aromatic hydroxyl groups is 1. The molecule has 0 radical (unpaired) electrons. The number of thiazole rings is 1. The van der Waals surface area contributed by atoms with Gasteiger partial charge < -0.3 is 54.7 Å². The first-order valence-electron chi connectivity index (χ1n) is 26.3. The van der Waals surface area contributed by atoms with Crippen molar-refractivity contribution >= 4 is 40.3 Å². The molecule has 0 spiro atoms. The summed E-state index contributed by atoms with van der Waals surface area (Å²) in [4.78, 5) is 49.1. The Morgan fingerprint density at radius 3 is 2.29 bits per heavy atom. The SMILES string of the molecule is COCc1ncsc1-c1ccc([C@H](C)NC(=O)[C@@H]2C[C@@H](O)CN2C(=O)C(c2cc(OCCN3CCN(CCOc4cc(N5C6CCC5CN(c5cc(-c7ccccc7O)nnc5N)C6)ccn4)CC3)no2)C(C)C)cc1. The number of carbonyl (C=O) groups is 2. The molecule has 3 unspecified atom stereocenters. The van der Waals surface area contributed by atoms with E-state index < -0.39 is 18.1 Å². The van der Waals surface area contributed by atoms with Crippen LogP contribution in [0.1, 0.15) is 69.0 Å². The molecule has 8 heterocycles. The average Bonchev–Trinajstić information content (AvgIpc) is 4.26. The Kier molecular flexibility index (Phi) is 16.3. The summed E-state index contributed by atoms with van der Waals surface area (Å²) in [5.41, 5.74) is 14.1. The van der Waals surface area contributed by atoms with Crippen LogP contribution in [0, 0.1) is 5.92 Å². The van der Waals surface area contributed by atoms with Crippen LogP contribution in [0.3, 0.4) is 0 Å². The molecule has 6 atom stereocenters. The van der Waals surface area contributed by atoms with E-state index in [2.05, 4.69) is 62.4 Å². The summed E-state index contributed by atoms with van der Waals surface area (Å²) in [5, 5.41) is 37.0. The first-order valence-corrected chi connectivity index (χ1v) is 27.2. The van der Waals surface area contributed by atoms with Gasteiger partial charge >= 0.3 is 0 Å². The number of likely N-dealkylation sites (tertiary alicyclic amines) is 1. The summed E-state index contributed by atoms with van der Waals surface area (Å²) in [6.45, 7) is 13.7. The number of ether oxygens (including phenoxy) is 3. The standard InChI is InChI=1S/C55H68N12O8S/c1-34(2)51(55(71)66-31-41(68)26-46(66)54(70)59-35(3)36-9-11-37(12-10-36)52-44(32-72-4)58-33-76-52)48-28-50(62-75-48)74-24-22-64-19-17-63(18-20-64)21-23-73-49-25-38(15-16-57-49)67-39-13-14-40(67)30-65(29-39)45-27-43(60-61-53(45)56)42-7-5-6-8-47(42)69/h5-12,15-16,25,27-28,33-35,39-41,46,51,68-69H,13-14,17-24,26,29-32H2,1-4H3,(H2,56,61)(H,59,70)/t35-,39?,40?,41+,46-,51?/m0/s1. The summed E-state index contributed by atoms with van der Waals surface area (Å²) in [6.07, 6.45) is 3.25. The van der Waals surface area contributed by atoms with Gasteiger partial charge in [0.25, 0.3) is 5.88 Å². The molecule has 0 saturated carbocycles. The normalized spacial score (nSPS) is 20.8. The third-order valence-electron chi connectivity index (χ3n) is 15.2. The summed E-state index contributed by atoms with van der Waals surface area (Å²) in [7, 11) is 1.65. The van der Waals surface area contributed by atoms with E-state index in [1.165, 1.54) is 4.90 Å². The number of fused-ring (bicyclic) bond motifs is 2.